The topological polar surface area (TPSA) is 121 Å². The fraction of sp³-hybridized carbons (Fsp3) is 0.714. The summed E-state index contributed by atoms with van der Waals surface area (Å²) in [6.07, 6.45) is -0.0601. The Bertz CT molecular complexity index is 210. The Morgan fingerprint density at radius 2 is 1.93 bits per heavy atom. The second-order valence-electron chi connectivity index (χ2n) is 2.84. The molecule has 0 radical (unpaired) electrons. The minimum absolute atomic E-state index is 0.0318. The van der Waals surface area contributed by atoms with Crippen molar-refractivity contribution in [2.75, 3.05) is 12.4 Å². The molecule has 0 saturated carbocycles. The van der Waals surface area contributed by atoms with Crippen LogP contribution in [-0.2, 0) is 9.59 Å². The molecule has 0 fully saturated rings. The molecule has 0 aliphatic heterocycles. The number of aliphatic carboxylic acids is 2. The van der Waals surface area contributed by atoms with Gasteiger partial charge in [0, 0.05) is 27.0 Å². The maximum absolute atomic E-state index is 10.6. The van der Waals surface area contributed by atoms with E-state index >= 15 is 0 Å². The van der Waals surface area contributed by atoms with Gasteiger partial charge < -0.3 is 20.8 Å². The van der Waals surface area contributed by atoms with Crippen molar-refractivity contribution in [3.05, 3.63) is 0 Å². The first-order valence-electron chi connectivity index (χ1n) is 4.05. The first-order chi connectivity index (χ1) is 6.47. The van der Waals surface area contributed by atoms with Gasteiger partial charge in [0.2, 0.25) is 0 Å². The Labute approximate surface area is 82.6 Å². The maximum Gasteiger partial charge on any atom is 0.306 e. The van der Waals surface area contributed by atoms with E-state index in [-0.39, 0.29) is 25.3 Å². The molecule has 0 aromatic carbocycles. The largest absolute Gasteiger partial charge is 0.481 e. The first-order valence-corrected chi connectivity index (χ1v) is 5.72. The van der Waals surface area contributed by atoms with Crippen LogP contribution in [0.15, 0.2) is 0 Å². The van der Waals surface area contributed by atoms with Crippen molar-refractivity contribution < 1.29 is 24.7 Å². The zero-order chi connectivity index (χ0) is 11.1. The lowest BCUT2D eigenvalue weighted by molar-refractivity contribution is -0.142. The number of hydrogen-bond acceptors (Lipinski definition) is 4. The second kappa shape index (κ2) is 6.70. The van der Waals surface area contributed by atoms with Gasteiger partial charge in [0.25, 0.3) is 0 Å². The molecule has 5 N–H and O–H groups in total. The highest BCUT2D eigenvalue weighted by atomic mass is 31.1. The third-order valence-corrected chi connectivity index (χ3v) is 2.98. The Hall–Kier alpha value is -0.710. The molecule has 0 aliphatic carbocycles. The van der Waals surface area contributed by atoms with E-state index in [1.165, 1.54) is 0 Å². The SMILES string of the molecule is NCP(O)CC(CCC(=O)O)C(=O)O. The van der Waals surface area contributed by atoms with E-state index in [0.29, 0.717) is 0 Å². The smallest absolute Gasteiger partial charge is 0.306 e. The van der Waals surface area contributed by atoms with E-state index < -0.39 is 26.0 Å². The van der Waals surface area contributed by atoms with Gasteiger partial charge in [0.05, 0.1) is 5.92 Å². The third kappa shape index (κ3) is 5.85. The highest BCUT2D eigenvalue weighted by Gasteiger charge is 2.21. The lowest BCUT2D eigenvalue weighted by Crippen LogP contribution is -2.19. The van der Waals surface area contributed by atoms with Gasteiger partial charge in [-0.1, -0.05) is 0 Å². The standard InChI is InChI=1S/C7H14NO5P/c8-4-14(13)3-5(7(11)12)1-2-6(9)10/h5,13H,1-4,8H2,(H,9,10)(H,11,12). The summed E-state index contributed by atoms with van der Waals surface area (Å²) in [5.74, 6) is -2.93. The summed E-state index contributed by atoms with van der Waals surface area (Å²) in [5.41, 5.74) is 5.15. The summed E-state index contributed by atoms with van der Waals surface area (Å²) in [4.78, 5) is 30.0. The first kappa shape index (κ1) is 13.3. The molecule has 0 amide bonds. The highest BCUT2D eigenvalue weighted by molar-refractivity contribution is 7.51. The van der Waals surface area contributed by atoms with Crippen LogP contribution in [0.3, 0.4) is 0 Å². The molecule has 0 aromatic heterocycles. The van der Waals surface area contributed by atoms with E-state index in [4.69, 9.17) is 15.9 Å². The molecule has 0 aliphatic rings. The van der Waals surface area contributed by atoms with E-state index in [1.54, 1.807) is 0 Å². The molecule has 14 heavy (non-hydrogen) atoms. The van der Waals surface area contributed by atoms with Crippen LogP contribution in [0.4, 0.5) is 0 Å². The Morgan fingerprint density at radius 1 is 1.36 bits per heavy atom. The summed E-state index contributed by atoms with van der Waals surface area (Å²) < 4.78 is 0. The van der Waals surface area contributed by atoms with Crippen molar-refractivity contribution >= 4 is 20.1 Å². The average molecular weight is 223 g/mol. The van der Waals surface area contributed by atoms with Gasteiger partial charge in [-0.3, -0.25) is 9.59 Å². The lowest BCUT2D eigenvalue weighted by Gasteiger charge is -2.14. The van der Waals surface area contributed by atoms with Crippen LogP contribution in [-0.4, -0.2) is 39.5 Å². The molecule has 2 atom stereocenters. The van der Waals surface area contributed by atoms with Crippen molar-refractivity contribution in [1.29, 1.82) is 0 Å². The Morgan fingerprint density at radius 3 is 2.29 bits per heavy atom. The molecule has 2 unspecified atom stereocenters. The zero-order valence-electron chi connectivity index (χ0n) is 7.59. The average Bonchev–Trinajstić information content (AvgIpc) is 2.10. The normalized spacial score (nSPS) is 14.7. The number of carboxylic acid groups (broad SMARTS) is 2. The molecule has 0 saturated heterocycles. The monoisotopic (exact) mass is 223 g/mol. The van der Waals surface area contributed by atoms with Crippen molar-refractivity contribution in [2.45, 2.75) is 12.8 Å². The Kier molecular flexibility index (Phi) is 6.36. The highest BCUT2D eigenvalue weighted by Crippen LogP contribution is 2.31. The van der Waals surface area contributed by atoms with E-state index in [0.717, 1.165) is 0 Å². The molecular formula is C7H14NO5P. The van der Waals surface area contributed by atoms with Gasteiger partial charge in [-0.2, -0.15) is 0 Å². The molecule has 0 rings (SSSR count). The quantitative estimate of drug-likeness (QED) is 0.445. The van der Waals surface area contributed by atoms with E-state index in [2.05, 4.69) is 0 Å². The van der Waals surface area contributed by atoms with Crippen molar-refractivity contribution in [3.8, 4) is 0 Å². The molecule has 7 heteroatoms. The molecule has 0 spiro atoms. The predicted molar refractivity (Wildman–Crippen MR) is 51.1 cm³/mol. The third-order valence-electron chi connectivity index (χ3n) is 1.70. The number of rotatable bonds is 7. The van der Waals surface area contributed by atoms with E-state index in [1.807, 2.05) is 0 Å². The van der Waals surface area contributed by atoms with Gasteiger partial charge in [-0.05, 0) is 6.42 Å². The summed E-state index contributed by atoms with van der Waals surface area (Å²) in [7, 11) is -1.48. The minimum atomic E-state index is -1.48. The maximum atomic E-state index is 10.6. The molecule has 6 nitrogen and oxygen atoms in total. The molecule has 0 bridgehead atoms. The van der Waals surface area contributed by atoms with Crippen molar-refractivity contribution in [2.24, 2.45) is 11.7 Å². The van der Waals surface area contributed by atoms with Crippen LogP contribution in [0.1, 0.15) is 12.8 Å². The van der Waals surface area contributed by atoms with Gasteiger partial charge in [-0.25, -0.2) is 0 Å². The fourth-order valence-electron chi connectivity index (χ4n) is 0.919. The van der Waals surface area contributed by atoms with Crippen LogP contribution < -0.4 is 5.73 Å². The number of nitrogens with two attached hydrogens (primary N) is 1. The Balaban J connectivity index is 4.02. The van der Waals surface area contributed by atoms with Crippen LogP contribution in [0.2, 0.25) is 0 Å². The minimum Gasteiger partial charge on any atom is -0.481 e. The number of hydrogen-bond donors (Lipinski definition) is 4. The van der Waals surface area contributed by atoms with E-state index in [9.17, 15) is 14.5 Å². The fourth-order valence-corrected chi connectivity index (χ4v) is 1.92. The lowest BCUT2D eigenvalue weighted by atomic mass is 10.1. The molecule has 0 aromatic rings. The second-order valence-corrected chi connectivity index (χ2v) is 4.58. The zero-order valence-corrected chi connectivity index (χ0v) is 8.48. The van der Waals surface area contributed by atoms with Crippen LogP contribution in [0.25, 0.3) is 0 Å². The summed E-state index contributed by atoms with van der Waals surface area (Å²) in [6.45, 7) is 0. The summed E-state index contributed by atoms with van der Waals surface area (Å²) in [5, 5.41) is 17.1. The number of carboxylic acids is 2. The van der Waals surface area contributed by atoms with Crippen LogP contribution in [0, 0.1) is 5.92 Å². The molecule has 82 valence electrons. The van der Waals surface area contributed by atoms with Crippen LogP contribution >= 0.6 is 8.15 Å². The van der Waals surface area contributed by atoms with Gasteiger partial charge >= 0.3 is 11.9 Å². The molecular weight excluding hydrogens is 209 g/mol. The predicted octanol–water partition coefficient (Wildman–Crippen LogP) is -0.143. The van der Waals surface area contributed by atoms with Gasteiger partial charge in [-0.15, -0.1) is 0 Å². The summed E-state index contributed by atoms with van der Waals surface area (Å²) >= 11 is 0. The summed E-state index contributed by atoms with van der Waals surface area (Å²) in [6, 6.07) is 0. The van der Waals surface area contributed by atoms with Crippen molar-refractivity contribution in [3.63, 3.8) is 0 Å². The number of carbonyl (C=O) groups is 2. The van der Waals surface area contributed by atoms with Gasteiger partial charge in [0.15, 0.2) is 0 Å². The van der Waals surface area contributed by atoms with Crippen molar-refractivity contribution in [1.82, 2.24) is 0 Å². The molecule has 0 heterocycles. The van der Waals surface area contributed by atoms with Gasteiger partial charge in [0.1, 0.15) is 0 Å². The van der Waals surface area contributed by atoms with Crippen LogP contribution in [0.5, 0.6) is 0 Å².